The molecule has 2 N–H and O–H groups in total. The first-order valence-corrected chi connectivity index (χ1v) is 7.57. The van der Waals surface area contributed by atoms with Gasteiger partial charge in [0.2, 0.25) is 0 Å². The molecule has 0 bridgehead atoms. The molecule has 0 saturated heterocycles. The lowest BCUT2D eigenvalue weighted by molar-refractivity contribution is 0.0713. The Bertz CT molecular complexity index is 648. The van der Waals surface area contributed by atoms with Crippen LogP contribution in [-0.2, 0) is 0 Å². The number of nitrogens with zero attached hydrogens (tertiary/aromatic N) is 2. The van der Waals surface area contributed by atoms with Crippen LogP contribution in [0, 0.1) is 12.8 Å². The first kappa shape index (κ1) is 14.8. The highest BCUT2D eigenvalue weighted by molar-refractivity contribution is 7.21. The first-order chi connectivity index (χ1) is 9.34. The Balaban J connectivity index is 2.46. The maximum Gasteiger partial charge on any atom is 0.266 e. The van der Waals surface area contributed by atoms with Crippen LogP contribution in [0.15, 0.2) is 12.3 Å². The Hall–Kier alpha value is -1.62. The summed E-state index contributed by atoms with van der Waals surface area (Å²) >= 11 is 1.38. The van der Waals surface area contributed by atoms with Crippen molar-refractivity contribution < 1.29 is 4.79 Å². The third-order valence-electron chi connectivity index (χ3n) is 3.93. The first-order valence-electron chi connectivity index (χ1n) is 6.75. The molecule has 108 valence electrons. The van der Waals surface area contributed by atoms with Crippen molar-refractivity contribution in [2.75, 3.05) is 12.8 Å². The number of amides is 1. The molecule has 1 amide bonds. The second-order valence-electron chi connectivity index (χ2n) is 5.55. The van der Waals surface area contributed by atoms with Gasteiger partial charge in [-0.25, -0.2) is 4.98 Å². The number of aromatic nitrogens is 1. The maximum atomic E-state index is 12.6. The molecule has 1 unspecified atom stereocenters. The van der Waals surface area contributed by atoms with Gasteiger partial charge in [-0.2, -0.15) is 0 Å². The van der Waals surface area contributed by atoms with Crippen molar-refractivity contribution >= 4 is 33.1 Å². The molecule has 0 aromatic carbocycles. The van der Waals surface area contributed by atoms with Crippen LogP contribution in [0.3, 0.4) is 0 Å². The van der Waals surface area contributed by atoms with E-state index < -0.39 is 0 Å². The van der Waals surface area contributed by atoms with Gasteiger partial charge in [0.15, 0.2) is 0 Å². The van der Waals surface area contributed by atoms with Crippen molar-refractivity contribution in [1.29, 1.82) is 0 Å². The van der Waals surface area contributed by atoms with Crippen molar-refractivity contribution in [3.8, 4) is 0 Å². The summed E-state index contributed by atoms with van der Waals surface area (Å²) in [7, 11) is 1.83. The predicted octanol–water partition coefficient (Wildman–Crippen LogP) is 3.30. The van der Waals surface area contributed by atoms with Crippen LogP contribution in [-0.4, -0.2) is 28.9 Å². The van der Waals surface area contributed by atoms with Crippen molar-refractivity contribution in [2.24, 2.45) is 5.92 Å². The lowest BCUT2D eigenvalue weighted by atomic mass is 10.0. The molecular weight excluding hydrogens is 270 g/mol. The van der Waals surface area contributed by atoms with E-state index in [-0.39, 0.29) is 11.9 Å². The van der Waals surface area contributed by atoms with Crippen LogP contribution >= 0.6 is 11.3 Å². The standard InChI is InChI=1S/C15H21N3OS/c1-8(2)10(4)18(5)15(19)13-12(16)11-9(3)6-7-17-14(11)20-13/h6-8,10H,16H2,1-5H3. The van der Waals surface area contributed by atoms with E-state index in [1.807, 2.05) is 20.0 Å². The van der Waals surface area contributed by atoms with E-state index in [9.17, 15) is 4.79 Å². The highest BCUT2D eigenvalue weighted by Gasteiger charge is 2.25. The number of thiophene rings is 1. The van der Waals surface area contributed by atoms with Gasteiger partial charge >= 0.3 is 0 Å². The number of aryl methyl sites for hydroxylation is 1. The Morgan fingerprint density at radius 3 is 2.60 bits per heavy atom. The fraction of sp³-hybridized carbons (Fsp3) is 0.467. The molecule has 1 atom stereocenters. The second kappa shape index (κ2) is 5.40. The molecular formula is C15H21N3OS. The molecule has 0 aliphatic rings. The van der Waals surface area contributed by atoms with Crippen molar-refractivity contribution in [2.45, 2.75) is 33.7 Å². The molecule has 20 heavy (non-hydrogen) atoms. The smallest absolute Gasteiger partial charge is 0.266 e. The largest absolute Gasteiger partial charge is 0.397 e. The highest BCUT2D eigenvalue weighted by atomic mass is 32.1. The number of hydrogen-bond acceptors (Lipinski definition) is 4. The predicted molar refractivity (Wildman–Crippen MR) is 85.2 cm³/mol. The van der Waals surface area contributed by atoms with Gasteiger partial charge in [0.25, 0.3) is 5.91 Å². The minimum absolute atomic E-state index is 0.0221. The fourth-order valence-electron chi connectivity index (χ4n) is 2.15. The molecule has 2 aromatic heterocycles. The van der Waals surface area contributed by atoms with E-state index in [2.05, 4.69) is 25.8 Å². The number of pyridine rings is 1. The second-order valence-corrected chi connectivity index (χ2v) is 6.55. The lowest BCUT2D eigenvalue weighted by Crippen LogP contribution is -2.38. The number of carbonyl (C=O) groups excluding carboxylic acids is 1. The average Bonchev–Trinajstić information content (AvgIpc) is 2.74. The van der Waals surface area contributed by atoms with E-state index in [0.29, 0.717) is 16.5 Å². The zero-order chi connectivity index (χ0) is 15.0. The Kier molecular flexibility index (Phi) is 3.99. The van der Waals surface area contributed by atoms with Gasteiger partial charge in [0.05, 0.1) is 5.69 Å². The number of nitrogens with two attached hydrogens (primary N) is 1. The van der Waals surface area contributed by atoms with Crippen LogP contribution < -0.4 is 5.73 Å². The van der Waals surface area contributed by atoms with E-state index in [1.165, 1.54) is 11.3 Å². The monoisotopic (exact) mass is 291 g/mol. The third kappa shape index (κ3) is 2.38. The molecule has 5 heteroatoms. The topological polar surface area (TPSA) is 59.2 Å². The molecule has 2 heterocycles. The summed E-state index contributed by atoms with van der Waals surface area (Å²) in [6.45, 7) is 8.25. The van der Waals surface area contributed by atoms with Gasteiger partial charge in [0, 0.05) is 24.7 Å². The molecule has 2 rings (SSSR count). The van der Waals surface area contributed by atoms with E-state index in [1.54, 1.807) is 11.1 Å². The molecule has 0 saturated carbocycles. The Morgan fingerprint density at radius 1 is 1.40 bits per heavy atom. The summed E-state index contributed by atoms with van der Waals surface area (Å²) < 4.78 is 0. The van der Waals surface area contributed by atoms with Gasteiger partial charge in [-0.05, 0) is 31.4 Å². The third-order valence-corrected chi connectivity index (χ3v) is 5.03. The van der Waals surface area contributed by atoms with Gasteiger partial charge in [-0.1, -0.05) is 13.8 Å². The SMILES string of the molecule is Cc1ccnc2sc(C(=O)N(C)C(C)C(C)C)c(N)c12. The lowest BCUT2D eigenvalue weighted by Gasteiger charge is -2.27. The number of fused-ring (bicyclic) bond motifs is 1. The summed E-state index contributed by atoms with van der Waals surface area (Å²) in [6.07, 6.45) is 1.75. The molecule has 0 fully saturated rings. The number of nitrogen functional groups attached to an aromatic ring is 1. The molecule has 2 aromatic rings. The van der Waals surface area contributed by atoms with Crippen LogP contribution in [0.4, 0.5) is 5.69 Å². The summed E-state index contributed by atoms with van der Waals surface area (Å²) in [5.41, 5.74) is 7.79. The maximum absolute atomic E-state index is 12.6. The van der Waals surface area contributed by atoms with E-state index >= 15 is 0 Å². The average molecular weight is 291 g/mol. The van der Waals surface area contributed by atoms with Crippen molar-refractivity contribution in [3.63, 3.8) is 0 Å². The Labute approximate surface area is 123 Å². The summed E-state index contributed by atoms with van der Waals surface area (Å²) in [6, 6.07) is 2.08. The summed E-state index contributed by atoms with van der Waals surface area (Å²) in [5.74, 6) is 0.380. The van der Waals surface area contributed by atoms with E-state index in [0.717, 1.165) is 15.8 Å². The molecule has 0 aliphatic carbocycles. The van der Waals surface area contributed by atoms with Gasteiger partial charge in [-0.15, -0.1) is 11.3 Å². The summed E-state index contributed by atoms with van der Waals surface area (Å²) in [5, 5.41) is 0.909. The van der Waals surface area contributed by atoms with Crippen LogP contribution in [0.2, 0.25) is 0 Å². The van der Waals surface area contributed by atoms with Gasteiger partial charge in [0.1, 0.15) is 9.71 Å². The van der Waals surface area contributed by atoms with Gasteiger partial charge in [-0.3, -0.25) is 4.79 Å². The molecule has 0 spiro atoms. The van der Waals surface area contributed by atoms with E-state index in [4.69, 9.17) is 5.73 Å². The minimum atomic E-state index is -0.0221. The molecule has 0 radical (unpaired) electrons. The van der Waals surface area contributed by atoms with Crippen LogP contribution in [0.5, 0.6) is 0 Å². The van der Waals surface area contributed by atoms with Crippen molar-refractivity contribution in [1.82, 2.24) is 9.88 Å². The number of carbonyl (C=O) groups is 1. The Morgan fingerprint density at radius 2 is 2.05 bits per heavy atom. The normalized spacial score (nSPS) is 12.9. The quantitative estimate of drug-likeness (QED) is 0.944. The fourth-order valence-corrected chi connectivity index (χ4v) is 3.28. The number of anilines is 1. The number of hydrogen-bond donors (Lipinski definition) is 1. The summed E-state index contributed by atoms with van der Waals surface area (Å²) in [4.78, 5) is 20.1. The van der Waals surface area contributed by atoms with Gasteiger partial charge < -0.3 is 10.6 Å². The number of rotatable bonds is 3. The molecule has 4 nitrogen and oxygen atoms in total. The zero-order valence-electron chi connectivity index (χ0n) is 12.6. The molecule has 0 aliphatic heterocycles. The minimum Gasteiger partial charge on any atom is -0.397 e. The zero-order valence-corrected chi connectivity index (χ0v) is 13.4. The van der Waals surface area contributed by atoms with Crippen molar-refractivity contribution in [3.05, 3.63) is 22.7 Å². The van der Waals surface area contributed by atoms with Crippen LogP contribution in [0.1, 0.15) is 36.0 Å². The highest BCUT2D eigenvalue weighted by Crippen LogP contribution is 2.35. The van der Waals surface area contributed by atoms with Crippen LogP contribution in [0.25, 0.3) is 10.2 Å².